The second-order valence-electron chi connectivity index (χ2n) is 12.0. The number of benzene rings is 1. The molecule has 10 nitrogen and oxygen atoms in total. The van der Waals surface area contributed by atoms with Crippen LogP contribution < -0.4 is 10.1 Å². The van der Waals surface area contributed by atoms with Gasteiger partial charge in [-0.05, 0) is 61.2 Å². The van der Waals surface area contributed by atoms with E-state index < -0.39 is 38.9 Å². The van der Waals surface area contributed by atoms with Gasteiger partial charge in [-0.15, -0.1) is 0 Å². The Morgan fingerprint density at radius 3 is 2.55 bits per heavy atom. The van der Waals surface area contributed by atoms with E-state index in [1.807, 2.05) is 19.2 Å². The van der Waals surface area contributed by atoms with Crippen LogP contribution in [0.5, 0.6) is 5.75 Å². The van der Waals surface area contributed by atoms with Crippen LogP contribution in [0.3, 0.4) is 0 Å². The molecule has 1 saturated heterocycles. The van der Waals surface area contributed by atoms with Gasteiger partial charge in [0.25, 0.3) is 0 Å². The van der Waals surface area contributed by atoms with E-state index in [0.29, 0.717) is 11.3 Å². The van der Waals surface area contributed by atoms with Crippen molar-refractivity contribution in [3.05, 3.63) is 41.6 Å². The topological polar surface area (TPSA) is 107 Å². The highest BCUT2D eigenvalue weighted by Gasteiger charge is 2.46. The number of amides is 3. The van der Waals surface area contributed by atoms with Gasteiger partial charge in [-0.1, -0.05) is 42.4 Å². The van der Waals surface area contributed by atoms with Crippen LogP contribution in [0.2, 0.25) is 18.1 Å². The first-order valence-corrected chi connectivity index (χ1v) is 19.5. The number of hydrogen-bond acceptors (Lipinski definition) is 9. The summed E-state index contributed by atoms with van der Waals surface area (Å²) < 4.78 is 24.4. The average Bonchev–Trinajstić information content (AvgIpc) is 3.31. The van der Waals surface area contributed by atoms with Crippen molar-refractivity contribution in [2.45, 2.75) is 89.0 Å². The van der Waals surface area contributed by atoms with Crippen LogP contribution >= 0.6 is 21.6 Å². The minimum absolute atomic E-state index is 0.0196. The normalized spacial score (nSPS) is 23.6. The molecule has 0 radical (unpaired) electrons. The fraction of sp³-hybridized carbons (Fsp3) is 0.621. The zero-order chi connectivity index (χ0) is 31.4. The summed E-state index contributed by atoms with van der Waals surface area (Å²) in [7, 11) is 4.33. The van der Waals surface area contributed by atoms with Crippen molar-refractivity contribution in [2.75, 3.05) is 27.0 Å². The van der Waals surface area contributed by atoms with E-state index in [4.69, 9.17) is 18.6 Å². The zero-order valence-electron chi connectivity index (χ0n) is 26.3. The van der Waals surface area contributed by atoms with Gasteiger partial charge in [-0.2, -0.15) is 0 Å². The fourth-order valence-electron chi connectivity index (χ4n) is 4.48. The van der Waals surface area contributed by atoms with Gasteiger partial charge in [0.15, 0.2) is 8.32 Å². The summed E-state index contributed by atoms with van der Waals surface area (Å²) in [5.41, 5.74) is 1.28. The molecule has 1 aromatic rings. The predicted molar refractivity (Wildman–Crippen MR) is 170 cm³/mol. The van der Waals surface area contributed by atoms with E-state index >= 15 is 0 Å². The first-order chi connectivity index (χ1) is 19.6. The molecule has 0 spiro atoms. The Hall–Kier alpha value is -2.19. The quantitative estimate of drug-likeness (QED) is 0.183. The van der Waals surface area contributed by atoms with Crippen LogP contribution in [0.25, 0.3) is 0 Å². The molecule has 0 aliphatic carbocycles. The van der Waals surface area contributed by atoms with Gasteiger partial charge in [-0.25, -0.2) is 9.59 Å². The third-order valence-electron chi connectivity index (χ3n) is 8.04. The molecule has 3 rings (SSSR count). The molecule has 42 heavy (non-hydrogen) atoms. The van der Waals surface area contributed by atoms with Crippen molar-refractivity contribution >= 4 is 47.8 Å². The molecular formula is C29H45N3O7S2Si. The summed E-state index contributed by atoms with van der Waals surface area (Å²) in [5, 5.41) is 2.73. The number of nitrogens with zero attached hydrogens (tertiary/aromatic N) is 2. The molecule has 0 aromatic heterocycles. The van der Waals surface area contributed by atoms with Crippen molar-refractivity contribution < 1.29 is 33.0 Å². The molecule has 0 bridgehead atoms. The Balaban J connectivity index is 1.87. The highest BCUT2D eigenvalue weighted by molar-refractivity contribution is 8.76. The second kappa shape index (κ2) is 14.1. The zero-order valence-corrected chi connectivity index (χ0v) is 28.9. The van der Waals surface area contributed by atoms with Gasteiger partial charge in [0.2, 0.25) is 5.91 Å². The molecule has 234 valence electrons. The van der Waals surface area contributed by atoms with Crippen LogP contribution in [0.4, 0.5) is 4.79 Å². The van der Waals surface area contributed by atoms with Crippen LogP contribution in [-0.2, 0) is 18.7 Å². The molecule has 13 heteroatoms. The second-order valence-corrected chi connectivity index (χ2v) is 19.6. The van der Waals surface area contributed by atoms with Gasteiger partial charge >= 0.3 is 12.0 Å². The van der Waals surface area contributed by atoms with E-state index in [1.165, 1.54) is 16.7 Å². The molecule has 2 aliphatic heterocycles. The Labute approximate surface area is 258 Å². The lowest BCUT2D eigenvalue weighted by molar-refractivity contribution is -0.120. The van der Waals surface area contributed by atoms with E-state index in [0.717, 1.165) is 5.56 Å². The maximum atomic E-state index is 13.7. The number of ether oxygens (including phenoxy) is 3. The van der Waals surface area contributed by atoms with Crippen molar-refractivity contribution in [1.82, 2.24) is 15.1 Å². The van der Waals surface area contributed by atoms with Crippen LogP contribution in [0.1, 0.15) is 62.2 Å². The van der Waals surface area contributed by atoms with E-state index in [9.17, 15) is 14.4 Å². The largest absolute Gasteiger partial charge is 0.497 e. The lowest BCUT2D eigenvalue weighted by Gasteiger charge is -2.38. The number of likely N-dealkylation sites (N-methyl/N-ethyl adjacent to an activating group) is 1. The molecule has 3 amide bonds. The minimum Gasteiger partial charge on any atom is -0.497 e. The number of nitrogens with one attached hydrogen (secondary N) is 1. The Morgan fingerprint density at radius 2 is 1.95 bits per heavy atom. The maximum Gasteiger partial charge on any atom is 0.338 e. The molecule has 0 saturated carbocycles. The lowest BCUT2D eigenvalue weighted by Crippen LogP contribution is -2.55. The SMILES string of the molecule is COc1ccc(C(=O)O[C@@H]2C[C@H](N3C=CC(NC(C)=O)N(C)C3=O)O[C@@H]2CO[Si](C)(C)C(C)(C)C)c(C(C)SSC)c1. The first-order valence-electron chi connectivity index (χ1n) is 14.0. The summed E-state index contributed by atoms with van der Waals surface area (Å²) in [6.45, 7) is 14.5. The number of rotatable bonds is 11. The lowest BCUT2D eigenvalue weighted by atomic mass is 10.0. The summed E-state index contributed by atoms with van der Waals surface area (Å²) in [6.07, 6.45) is 3.14. The first kappa shape index (κ1) is 34.3. The van der Waals surface area contributed by atoms with Crippen molar-refractivity contribution in [2.24, 2.45) is 0 Å². The Morgan fingerprint density at radius 1 is 1.26 bits per heavy atom. The van der Waals surface area contributed by atoms with Crippen LogP contribution in [-0.4, -0.2) is 87.6 Å². The summed E-state index contributed by atoms with van der Waals surface area (Å²) >= 11 is 0. The van der Waals surface area contributed by atoms with Crippen LogP contribution in [0.15, 0.2) is 30.5 Å². The number of urea groups is 1. The number of methoxy groups -OCH3 is 1. The van der Waals surface area contributed by atoms with Gasteiger partial charge in [0, 0.05) is 31.8 Å². The number of carbonyl (C=O) groups excluding carboxylic acids is 3. The molecule has 5 atom stereocenters. The third-order valence-corrected chi connectivity index (χ3v) is 14.7. The molecular weight excluding hydrogens is 595 g/mol. The van der Waals surface area contributed by atoms with Gasteiger partial charge in [-0.3, -0.25) is 9.69 Å². The van der Waals surface area contributed by atoms with Crippen LogP contribution in [0, 0.1) is 0 Å². The number of carbonyl (C=O) groups is 3. The summed E-state index contributed by atoms with van der Waals surface area (Å²) in [6, 6.07) is 5.02. The number of hydrogen-bond donors (Lipinski definition) is 1. The van der Waals surface area contributed by atoms with Crippen molar-refractivity contribution in [3.8, 4) is 5.75 Å². The van der Waals surface area contributed by atoms with E-state index in [2.05, 4.69) is 39.2 Å². The summed E-state index contributed by atoms with van der Waals surface area (Å²) in [4.78, 5) is 41.4. The molecule has 2 unspecified atom stereocenters. The predicted octanol–water partition coefficient (Wildman–Crippen LogP) is 5.77. The molecule has 2 aliphatic rings. The van der Waals surface area contributed by atoms with E-state index in [-0.39, 0.29) is 35.3 Å². The van der Waals surface area contributed by atoms with Gasteiger partial charge < -0.3 is 28.9 Å². The number of esters is 1. The molecule has 2 heterocycles. The third kappa shape index (κ3) is 8.04. The standard InChI is InChI=1S/C29H45N3O7S2Si/c1-18(41-40-8)22-15-20(36-7)11-12-21(22)27(34)39-23-16-26(38-24(23)17-37-42(9,10)29(3,4)5)32-14-13-25(30-19(2)33)31(6)28(32)35/h11-15,18,23-26H,16-17H2,1-10H3,(H,30,33)/t18?,23-,24-,25?,26-/m1/s1. The molecule has 1 fully saturated rings. The molecule has 1 aromatic carbocycles. The van der Waals surface area contributed by atoms with E-state index in [1.54, 1.807) is 60.2 Å². The van der Waals surface area contributed by atoms with Gasteiger partial charge in [0.1, 0.15) is 30.4 Å². The highest BCUT2D eigenvalue weighted by Crippen LogP contribution is 2.40. The summed E-state index contributed by atoms with van der Waals surface area (Å²) in [5.74, 6) is -0.0407. The maximum absolute atomic E-state index is 13.7. The Kier molecular flexibility index (Phi) is 11.5. The average molecular weight is 640 g/mol. The highest BCUT2D eigenvalue weighted by atomic mass is 33.1. The van der Waals surface area contributed by atoms with Crippen molar-refractivity contribution in [1.29, 1.82) is 0 Å². The smallest absolute Gasteiger partial charge is 0.338 e. The monoisotopic (exact) mass is 639 g/mol. The minimum atomic E-state index is -2.14. The van der Waals surface area contributed by atoms with Crippen molar-refractivity contribution in [3.63, 3.8) is 0 Å². The fourth-order valence-corrected chi connectivity index (χ4v) is 7.26. The molecule has 1 N–H and O–H groups in total. The Bertz CT molecular complexity index is 1180. The van der Waals surface area contributed by atoms with Gasteiger partial charge in [0.05, 0.1) is 19.3 Å².